The largest absolute Gasteiger partial charge is 0.389 e. The normalized spacial score (nSPS) is 37.5. The Morgan fingerprint density at radius 3 is 2.36 bits per heavy atom. The van der Waals surface area contributed by atoms with Gasteiger partial charge in [-0.15, -0.1) is 0 Å². The predicted molar refractivity (Wildman–Crippen MR) is 60.3 cm³/mol. The lowest BCUT2D eigenvalue weighted by Gasteiger charge is -2.45. The maximum Gasteiger partial charge on any atom is 0.0702 e. The molecule has 0 aliphatic carbocycles. The van der Waals surface area contributed by atoms with Crippen molar-refractivity contribution in [3.05, 3.63) is 0 Å². The summed E-state index contributed by atoms with van der Waals surface area (Å²) in [6.07, 6.45) is 1.84. The fraction of sp³-hybridized carbons (Fsp3) is 1.00. The summed E-state index contributed by atoms with van der Waals surface area (Å²) in [6, 6.07) is 0.509. The Morgan fingerprint density at radius 2 is 1.93 bits per heavy atom. The van der Waals surface area contributed by atoms with E-state index in [2.05, 4.69) is 39.6 Å². The van der Waals surface area contributed by atoms with Gasteiger partial charge in [0, 0.05) is 12.6 Å². The molecule has 3 atom stereocenters. The van der Waals surface area contributed by atoms with Gasteiger partial charge >= 0.3 is 0 Å². The van der Waals surface area contributed by atoms with Crippen molar-refractivity contribution >= 4 is 0 Å². The zero-order chi connectivity index (χ0) is 10.9. The third kappa shape index (κ3) is 2.29. The van der Waals surface area contributed by atoms with Gasteiger partial charge in [0.15, 0.2) is 0 Å². The van der Waals surface area contributed by atoms with Crippen molar-refractivity contribution in [3.8, 4) is 0 Å². The molecule has 0 aromatic rings. The second-order valence-corrected chi connectivity index (χ2v) is 5.42. The van der Waals surface area contributed by atoms with Crippen LogP contribution in [0.1, 0.15) is 40.5 Å². The molecule has 0 bridgehead atoms. The van der Waals surface area contributed by atoms with Crippen LogP contribution in [0.3, 0.4) is 0 Å². The highest BCUT2D eigenvalue weighted by molar-refractivity contribution is 4.93. The average molecular weight is 199 g/mol. The lowest BCUT2D eigenvalue weighted by atomic mass is 9.73. The van der Waals surface area contributed by atoms with Gasteiger partial charge in [-0.25, -0.2) is 0 Å². The van der Waals surface area contributed by atoms with Crippen molar-refractivity contribution in [2.45, 2.75) is 52.2 Å². The van der Waals surface area contributed by atoms with Crippen LogP contribution >= 0.6 is 0 Å². The van der Waals surface area contributed by atoms with Crippen LogP contribution in [0.15, 0.2) is 0 Å². The van der Waals surface area contributed by atoms with Gasteiger partial charge < -0.3 is 10.0 Å². The molecule has 1 rings (SSSR count). The van der Waals surface area contributed by atoms with Crippen molar-refractivity contribution in [1.29, 1.82) is 0 Å². The molecule has 0 amide bonds. The minimum atomic E-state index is -0.430. The molecular formula is C12H25NO. The van der Waals surface area contributed by atoms with Crippen molar-refractivity contribution < 1.29 is 5.11 Å². The van der Waals surface area contributed by atoms with E-state index in [0.29, 0.717) is 17.9 Å². The molecule has 1 aliphatic rings. The third-order valence-corrected chi connectivity index (χ3v) is 4.15. The zero-order valence-electron chi connectivity index (χ0n) is 10.2. The van der Waals surface area contributed by atoms with E-state index in [9.17, 15) is 5.11 Å². The maximum absolute atomic E-state index is 10.6. The van der Waals surface area contributed by atoms with Crippen LogP contribution in [0, 0.1) is 11.8 Å². The molecule has 2 heteroatoms. The number of nitrogens with zero attached hydrogens (tertiary/aromatic N) is 1. The molecule has 0 radical (unpaired) electrons. The summed E-state index contributed by atoms with van der Waals surface area (Å²) in [6.45, 7) is 9.81. The maximum atomic E-state index is 10.6. The topological polar surface area (TPSA) is 23.5 Å². The van der Waals surface area contributed by atoms with Gasteiger partial charge in [0.25, 0.3) is 0 Å². The Morgan fingerprint density at radius 1 is 1.36 bits per heavy atom. The van der Waals surface area contributed by atoms with Crippen molar-refractivity contribution in [2.75, 3.05) is 13.6 Å². The minimum Gasteiger partial charge on any atom is -0.389 e. The smallest absolute Gasteiger partial charge is 0.0702 e. The van der Waals surface area contributed by atoms with Gasteiger partial charge in [0.1, 0.15) is 0 Å². The molecule has 14 heavy (non-hydrogen) atoms. The van der Waals surface area contributed by atoms with Gasteiger partial charge in [-0.2, -0.15) is 0 Å². The minimum absolute atomic E-state index is 0.402. The van der Waals surface area contributed by atoms with E-state index in [-0.39, 0.29) is 0 Å². The van der Waals surface area contributed by atoms with Crippen LogP contribution in [0.5, 0.6) is 0 Å². The third-order valence-electron chi connectivity index (χ3n) is 4.15. The lowest BCUT2D eigenvalue weighted by Crippen LogP contribution is -2.51. The number of hydrogen-bond donors (Lipinski definition) is 1. The molecule has 0 aromatic carbocycles. The van der Waals surface area contributed by atoms with Crippen LogP contribution < -0.4 is 0 Å². The van der Waals surface area contributed by atoms with Gasteiger partial charge in [0.2, 0.25) is 0 Å². The summed E-state index contributed by atoms with van der Waals surface area (Å²) in [5.41, 5.74) is -0.430. The van der Waals surface area contributed by atoms with Crippen LogP contribution in [-0.4, -0.2) is 35.2 Å². The summed E-state index contributed by atoms with van der Waals surface area (Å²) in [5, 5.41) is 10.6. The number of piperidine rings is 1. The second-order valence-electron chi connectivity index (χ2n) is 5.42. The van der Waals surface area contributed by atoms with E-state index in [1.54, 1.807) is 0 Å². The quantitative estimate of drug-likeness (QED) is 0.736. The molecule has 1 N–H and O–H groups in total. The van der Waals surface area contributed by atoms with Gasteiger partial charge in [-0.05, 0) is 38.6 Å². The molecule has 0 spiro atoms. The predicted octanol–water partition coefficient (Wildman–Crippen LogP) is 2.12. The SMILES string of the molecule is CC(C)C(C)C1(O)CCN(C)C(C)C1. The van der Waals surface area contributed by atoms with Crippen LogP contribution in [-0.2, 0) is 0 Å². The zero-order valence-corrected chi connectivity index (χ0v) is 10.2. The fourth-order valence-corrected chi connectivity index (χ4v) is 2.39. The summed E-state index contributed by atoms with van der Waals surface area (Å²) >= 11 is 0. The summed E-state index contributed by atoms with van der Waals surface area (Å²) in [5.74, 6) is 0.967. The average Bonchev–Trinajstić information content (AvgIpc) is 2.11. The molecule has 84 valence electrons. The van der Waals surface area contributed by atoms with E-state index in [0.717, 1.165) is 19.4 Å². The van der Waals surface area contributed by atoms with Crippen LogP contribution in [0.4, 0.5) is 0 Å². The molecular weight excluding hydrogens is 174 g/mol. The number of aliphatic hydroxyl groups is 1. The summed E-state index contributed by atoms with van der Waals surface area (Å²) < 4.78 is 0. The molecule has 0 aromatic heterocycles. The standard InChI is InChI=1S/C12H25NO/c1-9(2)11(4)12(14)6-7-13(5)10(3)8-12/h9-11,14H,6-8H2,1-5H3. The van der Waals surface area contributed by atoms with E-state index in [1.807, 2.05) is 0 Å². The number of likely N-dealkylation sites (tertiary alicyclic amines) is 1. The van der Waals surface area contributed by atoms with E-state index >= 15 is 0 Å². The van der Waals surface area contributed by atoms with Gasteiger partial charge in [0.05, 0.1) is 5.60 Å². The highest BCUT2D eigenvalue weighted by atomic mass is 16.3. The summed E-state index contributed by atoms with van der Waals surface area (Å²) in [7, 11) is 2.14. The number of rotatable bonds is 2. The molecule has 3 unspecified atom stereocenters. The van der Waals surface area contributed by atoms with Gasteiger partial charge in [-0.1, -0.05) is 20.8 Å². The molecule has 1 saturated heterocycles. The first-order valence-corrected chi connectivity index (χ1v) is 5.79. The van der Waals surface area contributed by atoms with Crippen LogP contribution in [0.25, 0.3) is 0 Å². The van der Waals surface area contributed by atoms with Crippen molar-refractivity contribution in [3.63, 3.8) is 0 Å². The first-order valence-electron chi connectivity index (χ1n) is 5.79. The Hall–Kier alpha value is -0.0800. The Balaban J connectivity index is 2.66. The first kappa shape index (κ1) is 12.0. The van der Waals surface area contributed by atoms with Crippen molar-refractivity contribution in [1.82, 2.24) is 4.90 Å². The first-order chi connectivity index (χ1) is 6.37. The highest BCUT2D eigenvalue weighted by Gasteiger charge is 2.40. The van der Waals surface area contributed by atoms with E-state index in [1.165, 1.54) is 0 Å². The number of hydrogen-bond acceptors (Lipinski definition) is 2. The highest BCUT2D eigenvalue weighted by Crippen LogP contribution is 2.35. The van der Waals surface area contributed by atoms with Crippen molar-refractivity contribution in [2.24, 2.45) is 11.8 Å². The molecule has 2 nitrogen and oxygen atoms in total. The summed E-state index contributed by atoms with van der Waals surface area (Å²) in [4.78, 5) is 2.33. The van der Waals surface area contributed by atoms with Crippen LogP contribution in [0.2, 0.25) is 0 Å². The molecule has 1 heterocycles. The molecule has 1 fully saturated rings. The van der Waals surface area contributed by atoms with E-state index in [4.69, 9.17) is 0 Å². The fourth-order valence-electron chi connectivity index (χ4n) is 2.39. The van der Waals surface area contributed by atoms with E-state index < -0.39 is 5.60 Å². The second kappa shape index (κ2) is 4.19. The Kier molecular flexibility index (Phi) is 3.59. The lowest BCUT2D eigenvalue weighted by molar-refractivity contribution is -0.0862. The monoisotopic (exact) mass is 199 g/mol. The van der Waals surface area contributed by atoms with Gasteiger partial charge in [-0.3, -0.25) is 0 Å². The molecule has 1 aliphatic heterocycles. The Labute approximate surface area is 88.3 Å². The molecule has 0 saturated carbocycles. The Bertz CT molecular complexity index is 193.